The molecule has 0 aliphatic heterocycles. The Bertz CT molecular complexity index is 449. The number of pyridine rings is 1. The highest BCUT2D eigenvalue weighted by Crippen LogP contribution is 2.17. The van der Waals surface area contributed by atoms with Gasteiger partial charge in [0, 0.05) is 18.8 Å². The van der Waals surface area contributed by atoms with Crippen molar-refractivity contribution < 1.29 is 4.74 Å². The Morgan fingerprint density at radius 2 is 2.11 bits per heavy atom. The second kappa shape index (κ2) is 7.75. The fraction of sp³-hybridized carbons (Fsp3) is 0.600. The van der Waals surface area contributed by atoms with Crippen LogP contribution in [0, 0.1) is 31.1 Å². The van der Waals surface area contributed by atoms with E-state index < -0.39 is 0 Å². The van der Waals surface area contributed by atoms with Gasteiger partial charge in [0.1, 0.15) is 11.9 Å². The molecule has 0 aliphatic rings. The van der Waals surface area contributed by atoms with Crippen LogP contribution in [0.4, 0.5) is 5.82 Å². The van der Waals surface area contributed by atoms with Crippen molar-refractivity contribution in [3.05, 3.63) is 22.9 Å². The standard InChI is InChI=1S/C15H23N3O/c1-11(2)5-7-19-8-6-17-15-14(10-16)12(3)9-13(4)18-15/h9,11H,5-8H2,1-4H3,(H,17,18). The zero-order chi connectivity index (χ0) is 14.3. The van der Waals surface area contributed by atoms with Gasteiger partial charge in [-0.1, -0.05) is 13.8 Å². The Kier molecular flexibility index (Phi) is 6.31. The molecule has 0 bridgehead atoms. The van der Waals surface area contributed by atoms with E-state index in [0.29, 0.717) is 30.5 Å². The fourth-order valence-electron chi connectivity index (χ4n) is 1.77. The lowest BCUT2D eigenvalue weighted by Gasteiger charge is -2.11. The van der Waals surface area contributed by atoms with Gasteiger partial charge in [-0.05, 0) is 37.8 Å². The monoisotopic (exact) mass is 261 g/mol. The summed E-state index contributed by atoms with van der Waals surface area (Å²) in [6, 6.07) is 4.11. The number of ether oxygens (including phenoxy) is 1. The summed E-state index contributed by atoms with van der Waals surface area (Å²) in [4.78, 5) is 4.36. The van der Waals surface area contributed by atoms with Crippen molar-refractivity contribution >= 4 is 5.82 Å². The zero-order valence-electron chi connectivity index (χ0n) is 12.3. The summed E-state index contributed by atoms with van der Waals surface area (Å²) in [7, 11) is 0. The second-order valence-electron chi connectivity index (χ2n) is 5.14. The molecule has 0 aliphatic carbocycles. The van der Waals surface area contributed by atoms with Gasteiger partial charge in [-0.15, -0.1) is 0 Å². The summed E-state index contributed by atoms with van der Waals surface area (Å²) in [6.45, 7) is 10.3. The van der Waals surface area contributed by atoms with E-state index in [1.807, 2.05) is 19.9 Å². The van der Waals surface area contributed by atoms with Gasteiger partial charge in [-0.2, -0.15) is 5.26 Å². The first-order valence-corrected chi connectivity index (χ1v) is 6.74. The second-order valence-corrected chi connectivity index (χ2v) is 5.14. The number of nitrogens with zero attached hydrogens (tertiary/aromatic N) is 2. The van der Waals surface area contributed by atoms with Crippen molar-refractivity contribution in [3.63, 3.8) is 0 Å². The molecule has 19 heavy (non-hydrogen) atoms. The third-order valence-electron chi connectivity index (χ3n) is 2.83. The van der Waals surface area contributed by atoms with Gasteiger partial charge >= 0.3 is 0 Å². The van der Waals surface area contributed by atoms with Crippen LogP contribution in [-0.4, -0.2) is 24.7 Å². The molecule has 4 heteroatoms. The maximum atomic E-state index is 9.13. The van der Waals surface area contributed by atoms with E-state index in [1.165, 1.54) is 0 Å². The lowest BCUT2D eigenvalue weighted by atomic mass is 10.1. The highest BCUT2D eigenvalue weighted by molar-refractivity contribution is 5.56. The van der Waals surface area contributed by atoms with Crippen LogP contribution in [0.25, 0.3) is 0 Å². The molecule has 104 valence electrons. The van der Waals surface area contributed by atoms with Crippen LogP contribution in [0.15, 0.2) is 6.07 Å². The van der Waals surface area contributed by atoms with Gasteiger partial charge in [0.05, 0.1) is 12.2 Å². The van der Waals surface area contributed by atoms with Gasteiger partial charge < -0.3 is 10.1 Å². The van der Waals surface area contributed by atoms with Gasteiger partial charge in [-0.3, -0.25) is 0 Å². The number of anilines is 1. The maximum absolute atomic E-state index is 9.13. The lowest BCUT2D eigenvalue weighted by Crippen LogP contribution is -2.13. The molecule has 4 nitrogen and oxygen atoms in total. The van der Waals surface area contributed by atoms with Crippen molar-refractivity contribution in [2.24, 2.45) is 5.92 Å². The van der Waals surface area contributed by atoms with E-state index in [9.17, 15) is 0 Å². The predicted octanol–water partition coefficient (Wildman–Crippen LogP) is 3.04. The molecule has 0 fully saturated rings. The van der Waals surface area contributed by atoms with Crippen molar-refractivity contribution in [2.75, 3.05) is 25.1 Å². The number of rotatable bonds is 7. The van der Waals surface area contributed by atoms with Crippen LogP contribution < -0.4 is 5.32 Å². The molecule has 1 N–H and O–H groups in total. The number of hydrogen-bond acceptors (Lipinski definition) is 4. The van der Waals surface area contributed by atoms with Crippen molar-refractivity contribution in [2.45, 2.75) is 34.1 Å². The Morgan fingerprint density at radius 1 is 1.37 bits per heavy atom. The summed E-state index contributed by atoms with van der Waals surface area (Å²) < 4.78 is 5.53. The first kappa shape index (κ1) is 15.5. The van der Waals surface area contributed by atoms with Crippen LogP contribution >= 0.6 is 0 Å². The number of aromatic nitrogens is 1. The quantitative estimate of drug-likeness (QED) is 0.766. The molecular formula is C15H23N3O. The van der Waals surface area contributed by atoms with Gasteiger partial charge in [0.2, 0.25) is 0 Å². The van der Waals surface area contributed by atoms with Crippen LogP contribution in [-0.2, 0) is 4.74 Å². The van der Waals surface area contributed by atoms with Gasteiger partial charge in [0.25, 0.3) is 0 Å². The largest absolute Gasteiger partial charge is 0.380 e. The Hall–Kier alpha value is -1.60. The summed E-state index contributed by atoms with van der Waals surface area (Å²) in [6.07, 6.45) is 1.07. The Labute approximate surface area is 115 Å². The number of hydrogen-bond donors (Lipinski definition) is 1. The SMILES string of the molecule is Cc1cc(C)c(C#N)c(NCCOCCC(C)C)n1. The predicted molar refractivity (Wildman–Crippen MR) is 77.2 cm³/mol. The molecule has 1 heterocycles. The Balaban J connectivity index is 2.43. The first-order valence-electron chi connectivity index (χ1n) is 6.74. The molecule has 0 atom stereocenters. The lowest BCUT2D eigenvalue weighted by molar-refractivity contribution is 0.132. The number of aryl methyl sites for hydroxylation is 2. The summed E-state index contributed by atoms with van der Waals surface area (Å²) in [5, 5.41) is 12.3. The molecule has 0 saturated heterocycles. The van der Waals surface area contributed by atoms with Gasteiger partial charge in [-0.25, -0.2) is 4.98 Å². The van der Waals surface area contributed by atoms with Crippen LogP contribution in [0.2, 0.25) is 0 Å². The third kappa shape index (κ3) is 5.27. The van der Waals surface area contributed by atoms with E-state index in [0.717, 1.165) is 24.3 Å². The summed E-state index contributed by atoms with van der Waals surface area (Å²) in [5.74, 6) is 1.33. The van der Waals surface area contributed by atoms with Crippen LogP contribution in [0.1, 0.15) is 37.1 Å². The average molecular weight is 261 g/mol. The van der Waals surface area contributed by atoms with E-state index in [-0.39, 0.29) is 0 Å². The first-order chi connectivity index (χ1) is 9.04. The Morgan fingerprint density at radius 3 is 2.74 bits per heavy atom. The minimum absolute atomic E-state index is 0.618. The molecule has 1 aromatic heterocycles. The van der Waals surface area contributed by atoms with Gasteiger partial charge in [0.15, 0.2) is 0 Å². The van der Waals surface area contributed by atoms with E-state index in [1.54, 1.807) is 0 Å². The average Bonchev–Trinajstić information content (AvgIpc) is 2.32. The fourth-order valence-corrected chi connectivity index (χ4v) is 1.77. The molecule has 0 unspecified atom stereocenters. The number of nitrogens with one attached hydrogen (secondary N) is 1. The van der Waals surface area contributed by atoms with Crippen molar-refractivity contribution in [1.29, 1.82) is 5.26 Å². The minimum atomic E-state index is 0.618. The van der Waals surface area contributed by atoms with Crippen LogP contribution in [0.5, 0.6) is 0 Å². The summed E-state index contributed by atoms with van der Waals surface area (Å²) >= 11 is 0. The maximum Gasteiger partial charge on any atom is 0.144 e. The molecule has 1 aromatic rings. The molecular weight excluding hydrogens is 238 g/mol. The van der Waals surface area contributed by atoms with Crippen molar-refractivity contribution in [3.8, 4) is 6.07 Å². The van der Waals surface area contributed by atoms with E-state index in [4.69, 9.17) is 10.00 Å². The molecule has 0 saturated carbocycles. The van der Waals surface area contributed by atoms with E-state index in [2.05, 4.69) is 30.2 Å². The topological polar surface area (TPSA) is 57.9 Å². The highest BCUT2D eigenvalue weighted by Gasteiger charge is 2.07. The highest BCUT2D eigenvalue weighted by atomic mass is 16.5. The smallest absolute Gasteiger partial charge is 0.144 e. The normalized spacial score (nSPS) is 10.5. The molecule has 0 radical (unpaired) electrons. The molecule has 1 rings (SSSR count). The third-order valence-corrected chi connectivity index (χ3v) is 2.83. The molecule has 0 amide bonds. The van der Waals surface area contributed by atoms with Crippen LogP contribution in [0.3, 0.4) is 0 Å². The number of nitriles is 1. The molecule has 0 aromatic carbocycles. The summed E-state index contributed by atoms with van der Waals surface area (Å²) in [5.41, 5.74) is 2.49. The minimum Gasteiger partial charge on any atom is -0.380 e. The zero-order valence-corrected chi connectivity index (χ0v) is 12.3. The van der Waals surface area contributed by atoms with Crippen molar-refractivity contribution in [1.82, 2.24) is 4.98 Å². The van der Waals surface area contributed by atoms with E-state index >= 15 is 0 Å². The molecule has 0 spiro atoms.